The average molecular weight is 319 g/mol. The summed E-state index contributed by atoms with van der Waals surface area (Å²) in [6, 6.07) is 3.25. The van der Waals surface area contributed by atoms with Crippen LogP contribution in [0, 0.1) is 0 Å². The lowest BCUT2D eigenvalue weighted by Crippen LogP contribution is -2.37. The van der Waals surface area contributed by atoms with Crippen LogP contribution in [0.2, 0.25) is 10.0 Å². The lowest BCUT2D eigenvalue weighted by atomic mass is 10.2. The van der Waals surface area contributed by atoms with Crippen molar-refractivity contribution in [3.8, 4) is 5.75 Å². The second kappa shape index (κ2) is 8.35. The first kappa shape index (κ1) is 17.1. The van der Waals surface area contributed by atoms with Gasteiger partial charge in [0.05, 0.1) is 5.02 Å². The Balaban J connectivity index is 2.74. The molecular weight excluding hydrogens is 299 g/mol. The number of ether oxygens (including phenoxy) is 1. The number of hydrogen-bond donors (Lipinski definition) is 2. The summed E-state index contributed by atoms with van der Waals surface area (Å²) in [4.78, 5) is 11.9. The summed E-state index contributed by atoms with van der Waals surface area (Å²) in [6.45, 7) is 4.61. The molecule has 1 unspecified atom stereocenters. The van der Waals surface area contributed by atoms with Crippen LogP contribution in [0.25, 0.3) is 0 Å². The number of carbonyl (C=O) groups excluding carboxylic acids is 1. The van der Waals surface area contributed by atoms with Crippen molar-refractivity contribution in [1.82, 2.24) is 5.32 Å². The lowest BCUT2D eigenvalue weighted by Gasteiger charge is -2.18. The fourth-order valence-corrected chi connectivity index (χ4v) is 2.24. The highest BCUT2D eigenvalue weighted by atomic mass is 35.5. The number of hydrogen-bond acceptors (Lipinski definition) is 3. The molecule has 1 atom stereocenters. The third kappa shape index (κ3) is 4.85. The van der Waals surface area contributed by atoms with E-state index >= 15 is 0 Å². The molecule has 6 heteroatoms. The third-order valence-corrected chi connectivity index (χ3v) is 3.30. The van der Waals surface area contributed by atoms with Gasteiger partial charge in [-0.25, -0.2) is 0 Å². The summed E-state index contributed by atoms with van der Waals surface area (Å²) in [7, 11) is 0. The van der Waals surface area contributed by atoms with Crippen molar-refractivity contribution in [3.05, 3.63) is 27.7 Å². The number of amides is 1. The monoisotopic (exact) mass is 318 g/mol. The normalized spacial score (nSPS) is 12.1. The summed E-state index contributed by atoms with van der Waals surface area (Å²) in [6.07, 6.45) is 1.32. The number of nitrogens with one attached hydrogen (secondary N) is 1. The average Bonchev–Trinajstić information content (AvgIpc) is 2.41. The SMILES string of the molecule is CCCCNC(=O)C(C)Oc1c(Cl)cc(Cl)cc1CN. The zero-order valence-corrected chi connectivity index (χ0v) is 13.2. The van der Waals surface area contributed by atoms with Gasteiger partial charge < -0.3 is 15.8 Å². The number of benzene rings is 1. The molecule has 20 heavy (non-hydrogen) atoms. The van der Waals surface area contributed by atoms with Crippen LogP contribution in [0.15, 0.2) is 12.1 Å². The van der Waals surface area contributed by atoms with Crippen LogP contribution in [-0.2, 0) is 11.3 Å². The Kier molecular flexibility index (Phi) is 7.13. The molecule has 0 aliphatic rings. The van der Waals surface area contributed by atoms with E-state index in [2.05, 4.69) is 12.2 Å². The molecule has 0 aromatic heterocycles. The maximum absolute atomic E-state index is 11.9. The molecule has 0 heterocycles. The topological polar surface area (TPSA) is 64.3 Å². The molecule has 4 nitrogen and oxygen atoms in total. The molecule has 0 saturated heterocycles. The highest BCUT2D eigenvalue weighted by Gasteiger charge is 2.18. The highest BCUT2D eigenvalue weighted by molar-refractivity contribution is 6.35. The maximum Gasteiger partial charge on any atom is 0.260 e. The van der Waals surface area contributed by atoms with E-state index in [0.717, 1.165) is 12.8 Å². The van der Waals surface area contributed by atoms with E-state index in [0.29, 0.717) is 27.9 Å². The van der Waals surface area contributed by atoms with Gasteiger partial charge in [-0.2, -0.15) is 0 Å². The molecule has 0 spiro atoms. The molecule has 0 fully saturated rings. The van der Waals surface area contributed by atoms with Crippen LogP contribution in [0.4, 0.5) is 0 Å². The van der Waals surface area contributed by atoms with Gasteiger partial charge in [-0.3, -0.25) is 4.79 Å². The van der Waals surface area contributed by atoms with E-state index < -0.39 is 6.10 Å². The number of unbranched alkanes of at least 4 members (excludes halogenated alkanes) is 1. The van der Waals surface area contributed by atoms with E-state index in [1.54, 1.807) is 19.1 Å². The zero-order valence-electron chi connectivity index (χ0n) is 11.7. The Morgan fingerprint density at radius 2 is 2.15 bits per heavy atom. The first-order valence-corrected chi connectivity index (χ1v) is 7.37. The van der Waals surface area contributed by atoms with Crippen molar-refractivity contribution in [2.75, 3.05) is 6.54 Å². The van der Waals surface area contributed by atoms with E-state index in [9.17, 15) is 4.79 Å². The predicted octanol–water partition coefficient (Wildman–Crippen LogP) is 3.14. The van der Waals surface area contributed by atoms with Gasteiger partial charge in [0.2, 0.25) is 0 Å². The largest absolute Gasteiger partial charge is 0.479 e. The minimum atomic E-state index is -0.643. The Morgan fingerprint density at radius 1 is 1.45 bits per heavy atom. The van der Waals surface area contributed by atoms with Gasteiger partial charge in [-0.05, 0) is 25.5 Å². The van der Waals surface area contributed by atoms with Crippen LogP contribution in [0.1, 0.15) is 32.3 Å². The lowest BCUT2D eigenvalue weighted by molar-refractivity contribution is -0.127. The summed E-state index contributed by atoms with van der Waals surface area (Å²) in [5.41, 5.74) is 6.32. The molecule has 112 valence electrons. The predicted molar refractivity (Wildman–Crippen MR) is 82.4 cm³/mol. The maximum atomic E-state index is 11.9. The first-order valence-electron chi connectivity index (χ1n) is 6.62. The Morgan fingerprint density at radius 3 is 2.75 bits per heavy atom. The molecule has 1 rings (SSSR count). The van der Waals surface area contributed by atoms with Crippen molar-refractivity contribution in [3.63, 3.8) is 0 Å². The third-order valence-electron chi connectivity index (χ3n) is 2.80. The summed E-state index contributed by atoms with van der Waals surface area (Å²) < 4.78 is 5.63. The van der Waals surface area contributed by atoms with Crippen molar-refractivity contribution < 1.29 is 9.53 Å². The van der Waals surface area contributed by atoms with Gasteiger partial charge in [-0.1, -0.05) is 36.5 Å². The quantitative estimate of drug-likeness (QED) is 0.759. The second-order valence-corrected chi connectivity index (χ2v) is 5.33. The van der Waals surface area contributed by atoms with Gasteiger partial charge in [-0.15, -0.1) is 0 Å². The second-order valence-electron chi connectivity index (χ2n) is 4.48. The van der Waals surface area contributed by atoms with E-state index in [1.807, 2.05) is 0 Å². The van der Waals surface area contributed by atoms with Crippen molar-refractivity contribution in [2.24, 2.45) is 5.73 Å². The van der Waals surface area contributed by atoms with E-state index in [1.165, 1.54) is 0 Å². The van der Waals surface area contributed by atoms with Crippen LogP contribution in [0.5, 0.6) is 5.75 Å². The minimum absolute atomic E-state index is 0.174. The van der Waals surface area contributed by atoms with Gasteiger partial charge >= 0.3 is 0 Å². The molecule has 0 aliphatic carbocycles. The highest BCUT2D eigenvalue weighted by Crippen LogP contribution is 2.32. The van der Waals surface area contributed by atoms with Crippen molar-refractivity contribution in [2.45, 2.75) is 39.3 Å². The number of nitrogens with two attached hydrogens (primary N) is 1. The Hall–Kier alpha value is -0.970. The number of carbonyl (C=O) groups is 1. The van der Waals surface area contributed by atoms with Gasteiger partial charge in [0.15, 0.2) is 6.10 Å². The van der Waals surface area contributed by atoms with Gasteiger partial charge in [0.1, 0.15) is 5.75 Å². The molecule has 1 aromatic carbocycles. The zero-order chi connectivity index (χ0) is 15.1. The minimum Gasteiger partial charge on any atom is -0.479 e. The van der Waals surface area contributed by atoms with Crippen LogP contribution < -0.4 is 15.8 Å². The van der Waals surface area contributed by atoms with E-state index in [-0.39, 0.29) is 12.5 Å². The van der Waals surface area contributed by atoms with Crippen LogP contribution >= 0.6 is 23.2 Å². The number of halogens is 2. The summed E-state index contributed by atoms with van der Waals surface area (Å²) in [5, 5.41) is 3.65. The molecule has 1 aromatic rings. The molecule has 0 bridgehead atoms. The molecule has 1 amide bonds. The number of rotatable bonds is 7. The van der Waals surface area contributed by atoms with E-state index in [4.69, 9.17) is 33.7 Å². The molecule has 0 aliphatic heterocycles. The molecular formula is C14H20Cl2N2O2. The fourth-order valence-electron chi connectivity index (χ4n) is 1.66. The Bertz CT molecular complexity index is 467. The smallest absolute Gasteiger partial charge is 0.260 e. The van der Waals surface area contributed by atoms with Crippen LogP contribution in [0.3, 0.4) is 0 Å². The van der Waals surface area contributed by atoms with Crippen molar-refractivity contribution in [1.29, 1.82) is 0 Å². The standard InChI is InChI=1S/C14H20Cl2N2O2/c1-3-4-5-18-14(19)9(2)20-13-10(8-17)6-11(15)7-12(13)16/h6-7,9H,3-5,8,17H2,1-2H3,(H,18,19). The Labute approximate surface area is 129 Å². The fraction of sp³-hybridized carbons (Fsp3) is 0.500. The van der Waals surface area contributed by atoms with Crippen LogP contribution in [-0.4, -0.2) is 18.6 Å². The van der Waals surface area contributed by atoms with Gasteiger partial charge in [0, 0.05) is 23.7 Å². The molecule has 0 radical (unpaired) electrons. The van der Waals surface area contributed by atoms with Gasteiger partial charge in [0.25, 0.3) is 5.91 Å². The first-order chi connectivity index (χ1) is 9.49. The molecule has 3 N–H and O–H groups in total. The molecule has 0 saturated carbocycles. The van der Waals surface area contributed by atoms with Crippen molar-refractivity contribution >= 4 is 29.1 Å². The summed E-state index contributed by atoms with van der Waals surface area (Å²) >= 11 is 12.0. The summed E-state index contributed by atoms with van der Waals surface area (Å²) in [5.74, 6) is 0.240.